The third-order valence-electron chi connectivity index (χ3n) is 2.50. The number of nitrogens with zero attached hydrogens (tertiary/aromatic N) is 1. The molecule has 0 saturated carbocycles. The van der Waals surface area contributed by atoms with Gasteiger partial charge in [0.1, 0.15) is 17.9 Å². The summed E-state index contributed by atoms with van der Waals surface area (Å²) >= 11 is 0. The Morgan fingerprint density at radius 2 is 2.10 bits per heavy atom. The second-order valence-electron chi connectivity index (χ2n) is 4.09. The molecule has 1 aromatic carbocycles. The minimum absolute atomic E-state index is 0.0785. The van der Waals surface area contributed by atoms with Gasteiger partial charge in [-0.05, 0) is 24.6 Å². The van der Waals surface area contributed by atoms with E-state index in [1.54, 1.807) is 0 Å². The molecule has 7 heteroatoms. The standard InChI is InChI=1S/C13H16F3N3O/c1-2-3-4-20-11-6-9(12(18)19-8-17)5-10(7-11)13(14,15)16/h5-8H,2-4H2,1H3,(H3,17,18,19). The molecule has 1 rings (SSSR count). The van der Waals surface area contributed by atoms with Crippen molar-refractivity contribution >= 4 is 12.2 Å². The van der Waals surface area contributed by atoms with E-state index in [2.05, 4.69) is 4.99 Å². The molecule has 20 heavy (non-hydrogen) atoms. The molecular weight excluding hydrogens is 271 g/mol. The third kappa shape index (κ3) is 4.56. The van der Waals surface area contributed by atoms with Crippen molar-refractivity contribution in [1.82, 2.24) is 0 Å². The van der Waals surface area contributed by atoms with Gasteiger partial charge in [-0.25, -0.2) is 4.99 Å². The summed E-state index contributed by atoms with van der Waals surface area (Å²) in [5.41, 5.74) is 4.74. The van der Waals surface area contributed by atoms with Crippen LogP contribution in [0.1, 0.15) is 30.9 Å². The number of rotatable bonds is 6. The summed E-state index contributed by atoms with van der Waals surface area (Å²) in [5.74, 6) is -0.0714. The van der Waals surface area contributed by atoms with Gasteiger partial charge in [-0.2, -0.15) is 13.2 Å². The molecular formula is C13H16F3N3O. The summed E-state index contributed by atoms with van der Waals surface area (Å²) in [6.45, 7) is 2.29. The van der Waals surface area contributed by atoms with Crippen molar-refractivity contribution in [2.75, 3.05) is 6.61 Å². The number of amidine groups is 1. The van der Waals surface area contributed by atoms with Crippen LogP contribution in [0, 0.1) is 5.41 Å². The number of nitrogens with two attached hydrogens (primary N) is 1. The van der Waals surface area contributed by atoms with Crippen molar-refractivity contribution in [3.8, 4) is 5.75 Å². The minimum Gasteiger partial charge on any atom is -0.494 e. The number of hydrogen-bond donors (Lipinski definition) is 2. The maximum Gasteiger partial charge on any atom is 0.416 e. The van der Waals surface area contributed by atoms with Gasteiger partial charge < -0.3 is 10.5 Å². The average Bonchev–Trinajstić information content (AvgIpc) is 2.38. The Hall–Kier alpha value is -2.05. The molecule has 0 unspecified atom stereocenters. The van der Waals surface area contributed by atoms with Gasteiger partial charge in [0.15, 0.2) is 0 Å². The minimum atomic E-state index is -4.50. The Labute approximate surface area is 115 Å². The van der Waals surface area contributed by atoms with E-state index in [1.165, 1.54) is 6.07 Å². The van der Waals surface area contributed by atoms with Gasteiger partial charge in [0.2, 0.25) is 0 Å². The van der Waals surface area contributed by atoms with Crippen LogP contribution in [0.3, 0.4) is 0 Å². The quantitative estimate of drug-likeness (QED) is 0.479. The molecule has 110 valence electrons. The molecule has 0 heterocycles. The Morgan fingerprint density at radius 3 is 2.65 bits per heavy atom. The van der Waals surface area contributed by atoms with Crippen molar-refractivity contribution in [1.29, 1.82) is 5.41 Å². The normalized spacial score (nSPS) is 12.3. The molecule has 1 aromatic rings. The third-order valence-corrected chi connectivity index (χ3v) is 2.50. The lowest BCUT2D eigenvalue weighted by Crippen LogP contribution is -2.16. The molecule has 0 aliphatic heterocycles. The summed E-state index contributed by atoms with van der Waals surface area (Å²) < 4.78 is 43.7. The maximum absolute atomic E-state index is 12.8. The molecule has 0 bridgehead atoms. The van der Waals surface area contributed by atoms with Gasteiger partial charge in [-0.1, -0.05) is 13.3 Å². The van der Waals surface area contributed by atoms with E-state index < -0.39 is 11.7 Å². The topological polar surface area (TPSA) is 71.5 Å². The van der Waals surface area contributed by atoms with Gasteiger partial charge in [0, 0.05) is 5.56 Å². The van der Waals surface area contributed by atoms with Crippen molar-refractivity contribution in [2.45, 2.75) is 25.9 Å². The predicted molar refractivity (Wildman–Crippen MR) is 71.4 cm³/mol. The molecule has 0 fully saturated rings. The smallest absolute Gasteiger partial charge is 0.416 e. The molecule has 0 aromatic heterocycles. The second kappa shape index (κ2) is 6.93. The first-order valence-electron chi connectivity index (χ1n) is 6.06. The van der Waals surface area contributed by atoms with Crippen LogP contribution in [0.2, 0.25) is 0 Å². The molecule has 0 amide bonds. The van der Waals surface area contributed by atoms with Crippen LogP contribution in [0.5, 0.6) is 5.75 Å². The van der Waals surface area contributed by atoms with E-state index in [-0.39, 0.29) is 17.1 Å². The van der Waals surface area contributed by atoms with Crippen molar-refractivity contribution in [3.05, 3.63) is 29.3 Å². The Kier molecular flexibility index (Phi) is 5.54. The number of halogens is 3. The number of unbranched alkanes of at least 4 members (excludes halogenated alkanes) is 1. The van der Waals surface area contributed by atoms with E-state index >= 15 is 0 Å². The van der Waals surface area contributed by atoms with E-state index in [0.29, 0.717) is 12.9 Å². The van der Waals surface area contributed by atoms with E-state index in [0.717, 1.165) is 25.0 Å². The Balaban J connectivity index is 3.14. The highest BCUT2D eigenvalue weighted by Crippen LogP contribution is 2.32. The van der Waals surface area contributed by atoms with E-state index in [9.17, 15) is 13.2 Å². The highest BCUT2D eigenvalue weighted by Gasteiger charge is 2.31. The fourth-order valence-corrected chi connectivity index (χ4v) is 1.47. The molecule has 0 spiro atoms. The average molecular weight is 287 g/mol. The lowest BCUT2D eigenvalue weighted by atomic mass is 10.1. The van der Waals surface area contributed by atoms with Crippen LogP contribution in [-0.2, 0) is 6.18 Å². The highest BCUT2D eigenvalue weighted by molar-refractivity contribution is 6.01. The van der Waals surface area contributed by atoms with E-state index in [4.69, 9.17) is 15.9 Å². The van der Waals surface area contributed by atoms with Crippen LogP contribution in [0.25, 0.3) is 0 Å². The van der Waals surface area contributed by atoms with Crippen LogP contribution in [0.15, 0.2) is 23.2 Å². The Morgan fingerprint density at radius 1 is 1.40 bits per heavy atom. The molecule has 0 radical (unpaired) electrons. The number of nitrogens with one attached hydrogen (secondary N) is 1. The van der Waals surface area contributed by atoms with Gasteiger partial charge in [-0.3, -0.25) is 5.41 Å². The van der Waals surface area contributed by atoms with Gasteiger partial charge in [0.25, 0.3) is 0 Å². The van der Waals surface area contributed by atoms with Gasteiger partial charge in [-0.15, -0.1) is 0 Å². The first kappa shape index (κ1) is 16.0. The maximum atomic E-state index is 12.8. The summed E-state index contributed by atoms with van der Waals surface area (Å²) in [6.07, 6.45) is -2.20. The zero-order valence-corrected chi connectivity index (χ0v) is 11.0. The van der Waals surface area contributed by atoms with Crippen molar-refractivity contribution in [2.24, 2.45) is 10.7 Å². The number of ether oxygens (including phenoxy) is 1. The zero-order valence-electron chi connectivity index (χ0n) is 11.0. The zero-order chi connectivity index (χ0) is 15.2. The van der Waals surface area contributed by atoms with Crippen molar-refractivity contribution in [3.63, 3.8) is 0 Å². The fourth-order valence-electron chi connectivity index (χ4n) is 1.47. The summed E-state index contributed by atoms with van der Waals surface area (Å²) in [5, 5.41) is 6.80. The number of hydrogen-bond acceptors (Lipinski definition) is 2. The fraction of sp³-hybridized carbons (Fsp3) is 0.385. The number of benzene rings is 1. The first-order chi connectivity index (χ1) is 9.38. The van der Waals surface area contributed by atoms with Gasteiger partial charge in [0.05, 0.1) is 12.2 Å². The summed E-state index contributed by atoms with van der Waals surface area (Å²) in [7, 11) is 0. The largest absolute Gasteiger partial charge is 0.494 e. The lowest BCUT2D eigenvalue weighted by molar-refractivity contribution is -0.137. The molecule has 4 nitrogen and oxygen atoms in total. The van der Waals surface area contributed by atoms with Crippen molar-refractivity contribution < 1.29 is 17.9 Å². The molecule has 0 aliphatic rings. The monoisotopic (exact) mass is 287 g/mol. The molecule has 0 saturated heterocycles. The van der Waals surface area contributed by atoms with Crippen LogP contribution >= 0.6 is 0 Å². The van der Waals surface area contributed by atoms with Crippen LogP contribution in [0.4, 0.5) is 13.2 Å². The second-order valence-corrected chi connectivity index (χ2v) is 4.09. The predicted octanol–water partition coefficient (Wildman–Crippen LogP) is 3.20. The molecule has 3 N–H and O–H groups in total. The first-order valence-corrected chi connectivity index (χ1v) is 6.06. The molecule has 0 atom stereocenters. The van der Waals surface area contributed by atoms with E-state index in [1.807, 2.05) is 6.92 Å². The number of alkyl halides is 3. The highest BCUT2D eigenvalue weighted by atomic mass is 19.4. The lowest BCUT2D eigenvalue weighted by Gasteiger charge is -2.12. The van der Waals surface area contributed by atoms with Crippen LogP contribution < -0.4 is 10.5 Å². The summed E-state index contributed by atoms with van der Waals surface area (Å²) in [4.78, 5) is 3.47. The molecule has 0 aliphatic carbocycles. The Bertz CT molecular complexity index is 498. The van der Waals surface area contributed by atoms with Gasteiger partial charge >= 0.3 is 6.18 Å². The summed E-state index contributed by atoms with van der Waals surface area (Å²) in [6, 6.07) is 3.19. The van der Waals surface area contributed by atoms with Crippen LogP contribution in [-0.4, -0.2) is 18.8 Å². The SMILES string of the molecule is CCCCOc1cc(C(N)=NC=N)cc(C(F)(F)F)c1. The number of aliphatic imine (C=N–C) groups is 1.